The highest BCUT2D eigenvalue weighted by Crippen LogP contribution is 2.47. The summed E-state index contributed by atoms with van der Waals surface area (Å²) >= 11 is 0. The zero-order valence-corrected chi connectivity index (χ0v) is 12.4. The van der Waals surface area contributed by atoms with E-state index < -0.39 is 0 Å². The van der Waals surface area contributed by atoms with E-state index in [0.717, 1.165) is 18.9 Å². The molecule has 0 bridgehead atoms. The molecule has 0 aliphatic heterocycles. The Morgan fingerprint density at radius 2 is 2.10 bits per heavy atom. The Morgan fingerprint density at radius 3 is 2.90 bits per heavy atom. The average molecular weight is 267 g/mol. The topological polar surface area (TPSA) is 26.0 Å². The van der Waals surface area contributed by atoms with E-state index >= 15 is 0 Å². The zero-order valence-electron chi connectivity index (χ0n) is 12.4. The summed E-state index contributed by atoms with van der Waals surface area (Å²) in [4.78, 5) is 0. The van der Waals surface area contributed by atoms with E-state index in [9.17, 15) is 0 Å². The fraction of sp³-hybridized carbons (Fsp3) is 0.474. The van der Waals surface area contributed by atoms with Crippen LogP contribution in [0.25, 0.3) is 5.57 Å². The minimum atomic E-state index is 0.676. The largest absolute Gasteiger partial charge is 0.330 e. The van der Waals surface area contributed by atoms with Crippen molar-refractivity contribution in [3.05, 3.63) is 53.6 Å². The molecule has 3 atom stereocenters. The first-order valence-corrected chi connectivity index (χ1v) is 8.02. The van der Waals surface area contributed by atoms with Gasteiger partial charge in [-0.15, -0.1) is 0 Å². The van der Waals surface area contributed by atoms with Gasteiger partial charge in [0.25, 0.3) is 0 Å². The standard InChI is InChI=1S/C19H25N/c1-2-14-9-11-16-12-10-15-6-3-4-7-17(15)18(19(14)16)8-5-13-20/h3-4,6-9,11,14,16,19H,2,5,10,12-13,20H2,1H3/b18-8-/t14-,16?,19?/m1/s1. The van der Waals surface area contributed by atoms with E-state index in [1.165, 1.54) is 30.4 Å². The molecule has 0 amide bonds. The number of nitrogens with two attached hydrogens (primary N) is 1. The predicted molar refractivity (Wildman–Crippen MR) is 86.3 cm³/mol. The molecule has 1 heteroatoms. The van der Waals surface area contributed by atoms with Crippen molar-refractivity contribution in [1.82, 2.24) is 0 Å². The Labute approximate surface area is 122 Å². The Bertz CT molecular complexity index is 526. The van der Waals surface area contributed by atoms with Gasteiger partial charge in [0.1, 0.15) is 0 Å². The number of hydrogen-bond acceptors (Lipinski definition) is 1. The Balaban J connectivity index is 2.06. The van der Waals surface area contributed by atoms with Crippen molar-refractivity contribution in [1.29, 1.82) is 0 Å². The molecule has 0 aromatic heterocycles. The van der Waals surface area contributed by atoms with Crippen LogP contribution in [0.4, 0.5) is 0 Å². The highest BCUT2D eigenvalue weighted by Gasteiger charge is 2.35. The van der Waals surface area contributed by atoms with Gasteiger partial charge in [-0.25, -0.2) is 0 Å². The molecule has 1 aromatic rings. The minimum Gasteiger partial charge on any atom is -0.330 e. The fourth-order valence-corrected chi connectivity index (χ4v) is 3.98. The third kappa shape index (κ3) is 2.35. The highest BCUT2D eigenvalue weighted by molar-refractivity contribution is 5.72. The molecule has 1 aromatic carbocycles. The van der Waals surface area contributed by atoms with Crippen LogP contribution >= 0.6 is 0 Å². The first-order chi connectivity index (χ1) is 9.85. The third-order valence-electron chi connectivity index (χ3n) is 4.96. The van der Waals surface area contributed by atoms with Gasteiger partial charge >= 0.3 is 0 Å². The van der Waals surface area contributed by atoms with E-state index in [2.05, 4.69) is 49.4 Å². The number of benzene rings is 1. The SMILES string of the molecule is CC[C@@H]1C=CC2CCc3ccccc3/C(=C/CCN)C21. The summed E-state index contributed by atoms with van der Waals surface area (Å²) in [7, 11) is 0. The number of fused-ring (bicyclic) bond motifs is 2. The van der Waals surface area contributed by atoms with Crippen LogP contribution in [0, 0.1) is 17.8 Å². The molecule has 0 fully saturated rings. The van der Waals surface area contributed by atoms with Crippen molar-refractivity contribution in [2.24, 2.45) is 23.5 Å². The minimum absolute atomic E-state index is 0.676. The van der Waals surface area contributed by atoms with Crippen molar-refractivity contribution in [2.75, 3.05) is 6.54 Å². The van der Waals surface area contributed by atoms with Crippen LogP contribution in [-0.4, -0.2) is 6.54 Å². The van der Waals surface area contributed by atoms with E-state index in [-0.39, 0.29) is 0 Å². The summed E-state index contributed by atoms with van der Waals surface area (Å²) in [6.07, 6.45) is 12.1. The Hall–Kier alpha value is -1.34. The van der Waals surface area contributed by atoms with Gasteiger partial charge < -0.3 is 5.73 Å². The van der Waals surface area contributed by atoms with Crippen LogP contribution < -0.4 is 5.73 Å². The van der Waals surface area contributed by atoms with Crippen molar-refractivity contribution in [2.45, 2.75) is 32.6 Å². The molecule has 2 N–H and O–H groups in total. The van der Waals surface area contributed by atoms with Crippen LogP contribution in [0.3, 0.4) is 0 Å². The van der Waals surface area contributed by atoms with E-state index in [1.807, 2.05) is 0 Å². The number of rotatable bonds is 3. The zero-order chi connectivity index (χ0) is 13.9. The first kappa shape index (κ1) is 13.6. The van der Waals surface area contributed by atoms with Gasteiger partial charge in [0, 0.05) is 0 Å². The van der Waals surface area contributed by atoms with Crippen molar-refractivity contribution in [3.8, 4) is 0 Å². The summed E-state index contributed by atoms with van der Waals surface area (Å²) in [6.45, 7) is 3.06. The third-order valence-corrected chi connectivity index (χ3v) is 4.96. The molecule has 2 aliphatic carbocycles. The molecular weight excluding hydrogens is 242 g/mol. The lowest BCUT2D eigenvalue weighted by molar-refractivity contribution is 0.398. The second kappa shape index (κ2) is 5.97. The van der Waals surface area contributed by atoms with Gasteiger partial charge in [-0.2, -0.15) is 0 Å². The Morgan fingerprint density at radius 1 is 1.25 bits per heavy atom. The molecule has 106 valence electrons. The molecule has 0 saturated heterocycles. The first-order valence-electron chi connectivity index (χ1n) is 8.02. The van der Waals surface area contributed by atoms with Gasteiger partial charge in [0.15, 0.2) is 0 Å². The fourth-order valence-electron chi connectivity index (χ4n) is 3.98. The smallest absolute Gasteiger partial charge is 0.00332 e. The molecular formula is C19H25N. The molecule has 2 unspecified atom stereocenters. The van der Waals surface area contributed by atoms with E-state index in [4.69, 9.17) is 5.73 Å². The summed E-state index contributed by atoms with van der Waals surface area (Å²) < 4.78 is 0. The normalized spacial score (nSPS) is 30.1. The number of aryl methyl sites for hydroxylation is 1. The monoisotopic (exact) mass is 267 g/mol. The van der Waals surface area contributed by atoms with Crippen LogP contribution in [0.1, 0.15) is 37.3 Å². The summed E-state index contributed by atoms with van der Waals surface area (Å²) in [5.74, 6) is 2.10. The summed E-state index contributed by atoms with van der Waals surface area (Å²) in [5.41, 5.74) is 10.3. The Kier molecular flexibility index (Phi) is 4.07. The van der Waals surface area contributed by atoms with Gasteiger partial charge in [-0.3, -0.25) is 0 Å². The molecule has 3 rings (SSSR count). The molecule has 0 saturated carbocycles. The van der Waals surface area contributed by atoms with Crippen LogP contribution in [0.2, 0.25) is 0 Å². The molecule has 0 radical (unpaired) electrons. The second-order valence-electron chi connectivity index (χ2n) is 6.08. The molecule has 0 heterocycles. The highest BCUT2D eigenvalue weighted by atomic mass is 14.5. The van der Waals surface area contributed by atoms with Crippen molar-refractivity contribution >= 4 is 5.57 Å². The predicted octanol–water partition coefficient (Wildman–Crippen LogP) is 4.19. The maximum absolute atomic E-state index is 5.75. The average Bonchev–Trinajstić information content (AvgIpc) is 2.82. The maximum Gasteiger partial charge on any atom is -0.00332 e. The van der Waals surface area contributed by atoms with Gasteiger partial charge in [0.05, 0.1) is 0 Å². The lowest BCUT2D eigenvalue weighted by Crippen LogP contribution is -2.17. The van der Waals surface area contributed by atoms with Crippen LogP contribution in [0.5, 0.6) is 0 Å². The summed E-state index contributed by atoms with van der Waals surface area (Å²) in [6, 6.07) is 8.97. The quantitative estimate of drug-likeness (QED) is 0.816. The lowest BCUT2D eigenvalue weighted by Gasteiger charge is -2.26. The second-order valence-corrected chi connectivity index (χ2v) is 6.08. The van der Waals surface area contributed by atoms with Crippen LogP contribution in [-0.2, 0) is 6.42 Å². The molecule has 2 aliphatic rings. The summed E-state index contributed by atoms with van der Waals surface area (Å²) in [5, 5.41) is 0. The number of hydrogen-bond donors (Lipinski definition) is 1. The molecule has 20 heavy (non-hydrogen) atoms. The molecule has 1 nitrogen and oxygen atoms in total. The van der Waals surface area contributed by atoms with E-state index in [1.54, 1.807) is 5.57 Å². The van der Waals surface area contributed by atoms with Gasteiger partial charge in [0.2, 0.25) is 0 Å². The van der Waals surface area contributed by atoms with Crippen molar-refractivity contribution in [3.63, 3.8) is 0 Å². The van der Waals surface area contributed by atoms with Crippen molar-refractivity contribution < 1.29 is 0 Å². The number of allylic oxidation sites excluding steroid dienone is 3. The van der Waals surface area contributed by atoms with Gasteiger partial charge in [-0.05, 0) is 66.7 Å². The lowest BCUT2D eigenvalue weighted by atomic mass is 9.78. The van der Waals surface area contributed by atoms with Gasteiger partial charge in [-0.1, -0.05) is 49.4 Å². The molecule has 0 spiro atoms. The maximum atomic E-state index is 5.75. The van der Waals surface area contributed by atoms with E-state index in [0.29, 0.717) is 11.8 Å². The van der Waals surface area contributed by atoms with Crippen LogP contribution in [0.15, 0.2) is 42.5 Å².